The van der Waals surface area contributed by atoms with Crippen LogP contribution in [-0.4, -0.2) is 38.6 Å². The second-order valence-corrected chi connectivity index (χ2v) is 4.33. The Morgan fingerprint density at radius 1 is 1.67 bits per heavy atom. The number of carbonyl (C=O) groups excluding carboxylic acids is 1. The van der Waals surface area contributed by atoms with Gasteiger partial charge in [0.25, 0.3) is 5.91 Å². The molecule has 0 bridgehead atoms. The molecule has 0 spiro atoms. The summed E-state index contributed by atoms with van der Waals surface area (Å²) < 4.78 is 0. The standard InChI is InChI=1S/C10H16N4O/c1-7(2)14(5-8-3-4-8)10(15)9-11-6-12-13-9/h6-8H,3-5H2,1-2H3,(H,11,12,13). The average molecular weight is 208 g/mol. The molecule has 1 aliphatic carbocycles. The minimum absolute atomic E-state index is 0.0469. The quantitative estimate of drug-likeness (QED) is 0.805. The molecule has 15 heavy (non-hydrogen) atoms. The van der Waals surface area contributed by atoms with Crippen LogP contribution >= 0.6 is 0 Å². The molecule has 1 aliphatic rings. The van der Waals surface area contributed by atoms with Crippen molar-refractivity contribution in [1.82, 2.24) is 20.1 Å². The SMILES string of the molecule is CC(C)N(CC1CC1)C(=O)c1ncn[nH]1. The lowest BCUT2D eigenvalue weighted by Gasteiger charge is -2.25. The molecule has 1 aromatic heterocycles. The molecule has 5 nitrogen and oxygen atoms in total. The highest BCUT2D eigenvalue weighted by Gasteiger charge is 2.29. The van der Waals surface area contributed by atoms with Crippen LogP contribution in [0, 0.1) is 5.92 Å². The number of carbonyl (C=O) groups is 1. The summed E-state index contributed by atoms with van der Waals surface area (Å²) in [6.45, 7) is 4.89. The first kappa shape index (κ1) is 10.1. The molecule has 2 rings (SSSR count). The van der Waals surface area contributed by atoms with Crippen LogP contribution in [0.1, 0.15) is 37.3 Å². The van der Waals surface area contributed by atoms with E-state index in [1.54, 1.807) is 0 Å². The van der Waals surface area contributed by atoms with Gasteiger partial charge in [-0.05, 0) is 32.6 Å². The normalized spacial score (nSPS) is 15.7. The minimum atomic E-state index is -0.0469. The van der Waals surface area contributed by atoms with Gasteiger partial charge in [-0.2, -0.15) is 5.10 Å². The molecule has 1 fully saturated rings. The molecular weight excluding hydrogens is 192 g/mol. The Morgan fingerprint density at radius 2 is 2.40 bits per heavy atom. The van der Waals surface area contributed by atoms with Crippen LogP contribution < -0.4 is 0 Å². The summed E-state index contributed by atoms with van der Waals surface area (Å²) in [6.07, 6.45) is 3.85. The lowest BCUT2D eigenvalue weighted by atomic mass is 10.2. The monoisotopic (exact) mass is 208 g/mol. The van der Waals surface area contributed by atoms with Gasteiger partial charge in [0.05, 0.1) is 0 Å². The summed E-state index contributed by atoms with van der Waals surface area (Å²) in [5.41, 5.74) is 0. The van der Waals surface area contributed by atoms with E-state index < -0.39 is 0 Å². The van der Waals surface area contributed by atoms with Crippen LogP contribution in [0.5, 0.6) is 0 Å². The molecule has 1 heterocycles. The van der Waals surface area contributed by atoms with Gasteiger partial charge in [-0.3, -0.25) is 9.89 Å². The van der Waals surface area contributed by atoms with Crippen LogP contribution in [-0.2, 0) is 0 Å². The van der Waals surface area contributed by atoms with Crippen LogP contribution in [0.15, 0.2) is 6.33 Å². The Balaban J connectivity index is 2.06. The summed E-state index contributed by atoms with van der Waals surface area (Å²) in [5, 5.41) is 6.31. The third kappa shape index (κ3) is 2.34. The Labute approximate surface area is 88.9 Å². The molecule has 1 N–H and O–H groups in total. The molecule has 0 saturated heterocycles. The van der Waals surface area contributed by atoms with E-state index in [4.69, 9.17) is 0 Å². The molecule has 1 amide bonds. The fourth-order valence-electron chi connectivity index (χ4n) is 1.55. The van der Waals surface area contributed by atoms with Gasteiger partial charge in [0, 0.05) is 12.6 Å². The van der Waals surface area contributed by atoms with E-state index in [0.717, 1.165) is 6.54 Å². The maximum absolute atomic E-state index is 12.0. The molecule has 1 aromatic rings. The fourth-order valence-corrected chi connectivity index (χ4v) is 1.55. The smallest absolute Gasteiger partial charge is 0.291 e. The van der Waals surface area contributed by atoms with E-state index in [9.17, 15) is 4.79 Å². The van der Waals surface area contributed by atoms with Gasteiger partial charge in [0.15, 0.2) is 0 Å². The van der Waals surface area contributed by atoms with Crippen LogP contribution in [0.2, 0.25) is 0 Å². The van der Waals surface area contributed by atoms with Crippen molar-refractivity contribution in [3.05, 3.63) is 12.2 Å². The Morgan fingerprint density at radius 3 is 2.87 bits per heavy atom. The molecular formula is C10H16N4O. The molecule has 0 aliphatic heterocycles. The fraction of sp³-hybridized carbons (Fsp3) is 0.700. The second-order valence-electron chi connectivity index (χ2n) is 4.33. The number of nitrogens with zero attached hydrogens (tertiary/aromatic N) is 3. The molecule has 0 unspecified atom stereocenters. The predicted octanol–water partition coefficient (Wildman–Crippen LogP) is 1.07. The summed E-state index contributed by atoms with van der Waals surface area (Å²) in [7, 11) is 0. The van der Waals surface area contributed by atoms with Gasteiger partial charge in [0.1, 0.15) is 6.33 Å². The van der Waals surface area contributed by atoms with Crippen molar-refractivity contribution in [2.24, 2.45) is 5.92 Å². The molecule has 0 radical (unpaired) electrons. The minimum Gasteiger partial charge on any atom is -0.333 e. The van der Waals surface area contributed by atoms with E-state index in [-0.39, 0.29) is 11.9 Å². The van der Waals surface area contributed by atoms with Crippen LogP contribution in [0.25, 0.3) is 0 Å². The molecule has 0 atom stereocenters. The topological polar surface area (TPSA) is 61.9 Å². The first-order valence-corrected chi connectivity index (χ1v) is 5.35. The number of nitrogens with one attached hydrogen (secondary N) is 1. The number of rotatable bonds is 4. The second kappa shape index (κ2) is 4.00. The molecule has 5 heteroatoms. The van der Waals surface area contributed by atoms with Gasteiger partial charge in [-0.25, -0.2) is 4.98 Å². The van der Waals surface area contributed by atoms with E-state index >= 15 is 0 Å². The van der Waals surface area contributed by atoms with Crippen molar-refractivity contribution in [1.29, 1.82) is 0 Å². The van der Waals surface area contributed by atoms with Crippen LogP contribution in [0.3, 0.4) is 0 Å². The zero-order chi connectivity index (χ0) is 10.8. The number of hydrogen-bond donors (Lipinski definition) is 1. The summed E-state index contributed by atoms with van der Waals surface area (Å²) in [5.74, 6) is 0.984. The van der Waals surface area contributed by atoms with Gasteiger partial charge < -0.3 is 4.90 Å². The highest BCUT2D eigenvalue weighted by atomic mass is 16.2. The maximum Gasteiger partial charge on any atom is 0.291 e. The van der Waals surface area contributed by atoms with E-state index in [1.807, 2.05) is 18.7 Å². The van der Waals surface area contributed by atoms with Crippen molar-refractivity contribution in [2.45, 2.75) is 32.7 Å². The lowest BCUT2D eigenvalue weighted by Crippen LogP contribution is -2.39. The summed E-state index contributed by atoms with van der Waals surface area (Å²) in [4.78, 5) is 17.8. The predicted molar refractivity (Wildman–Crippen MR) is 55.3 cm³/mol. The summed E-state index contributed by atoms with van der Waals surface area (Å²) >= 11 is 0. The first-order valence-electron chi connectivity index (χ1n) is 5.35. The third-order valence-corrected chi connectivity index (χ3v) is 2.65. The van der Waals surface area contributed by atoms with E-state index in [2.05, 4.69) is 15.2 Å². The lowest BCUT2D eigenvalue weighted by molar-refractivity contribution is 0.0684. The van der Waals surface area contributed by atoms with Gasteiger partial charge in [0.2, 0.25) is 5.82 Å². The Kier molecular flexibility index (Phi) is 2.70. The number of aromatic nitrogens is 3. The van der Waals surface area contributed by atoms with Gasteiger partial charge in [-0.1, -0.05) is 0 Å². The largest absolute Gasteiger partial charge is 0.333 e. The van der Waals surface area contributed by atoms with Crippen molar-refractivity contribution in [2.75, 3.05) is 6.54 Å². The van der Waals surface area contributed by atoms with Crippen molar-refractivity contribution >= 4 is 5.91 Å². The highest BCUT2D eigenvalue weighted by molar-refractivity contribution is 5.90. The van der Waals surface area contributed by atoms with Gasteiger partial charge in [-0.15, -0.1) is 0 Å². The number of H-pyrrole nitrogens is 1. The van der Waals surface area contributed by atoms with E-state index in [0.29, 0.717) is 11.7 Å². The third-order valence-electron chi connectivity index (χ3n) is 2.65. The van der Waals surface area contributed by atoms with Crippen LogP contribution in [0.4, 0.5) is 0 Å². The number of aromatic amines is 1. The van der Waals surface area contributed by atoms with Gasteiger partial charge >= 0.3 is 0 Å². The highest BCUT2D eigenvalue weighted by Crippen LogP contribution is 2.30. The van der Waals surface area contributed by atoms with Crippen molar-refractivity contribution < 1.29 is 4.79 Å². The Bertz CT molecular complexity index is 329. The molecule has 82 valence electrons. The van der Waals surface area contributed by atoms with Crippen molar-refractivity contribution in [3.8, 4) is 0 Å². The average Bonchev–Trinajstić information content (AvgIpc) is 2.84. The molecule has 1 saturated carbocycles. The maximum atomic E-state index is 12.0. The zero-order valence-corrected chi connectivity index (χ0v) is 9.10. The zero-order valence-electron chi connectivity index (χ0n) is 9.10. The number of amides is 1. The van der Waals surface area contributed by atoms with Crippen molar-refractivity contribution in [3.63, 3.8) is 0 Å². The van der Waals surface area contributed by atoms with E-state index in [1.165, 1.54) is 19.2 Å². The number of hydrogen-bond acceptors (Lipinski definition) is 3. The Hall–Kier alpha value is -1.39. The molecule has 0 aromatic carbocycles. The first-order chi connectivity index (χ1) is 7.18. The summed E-state index contributed by atoms with van der Waals surface area (Å²) in [6, 6.07) is 0.211.